The average Bonchev–Trinajstić information content (AvgIpc) is 1.85. The molecule has 0 heterocycles. The highest BCUT2D eigenvalue weighted by molar-refractivity contribution is 5.15. The molecule has 0 N–H and O–H groups in total. The maximum Gasteiger partial charge on any atom is -0.0404 e. The summed E-state index contributed by atoms with van der Waals surface area (Å²) in [4.78, 5) is 0. The normalized spacial score (nSPS) is 7.55. The van der Waals surface area contributed by atoms with Crippen molar-refractivity contribution >= 4 is 0 Å². The maximum absolute atomic E-state index is 3.66. The van der Waals surface area contributed by atoms with E-state index in [0.29, 0.717) is 0 Å². The summed E-state index contributed by atoms with van der Waals surface area (Å²) in [5, 5.41) is 0. The van der Waals surface area contributed by atoms with Gasteiger partial charge < -0.3 is 0 Å². The molecule has 0 fully saturated rings. The molecule has 0 saturated heterocycles. The quantitative estimate of drug-likeness (QED) is 0.518. The third-order valence-electron chi connectivity index (χ3n) is 0.517. The molecule has 0 rings (SSSR count). The van der Waals surface area contributed by atoms with Gasteiger partial charge in [-0.05, 0) is 6.92 Å². The highest BCUT2D eigenvalue weighted by Crippen LogP contribution is 1.86. The molecule has 0 radical (unpaired) electrons. The van der Waals surface area contributed by atoms with E-state index in [1.165, 1.54) is 6.42 Å². The van der Waals surface area contributed by atoms with Gasteiger partial charge in [0.25, 0.3) is 0 Å². The predicted molar refractivity (Wildman–Crippen MR) is 56.8 cm³/mol. The molecule has 0 bridgehead atoms. The summed E-state index contributed by atoms with van der Waals surface area (Å²) in [5.41, 5.74) is 1.06. The lowest BCUT2D eigenvalue weighted by Crippen LogP contribution is -1.55. The van der Waals surface area contributed by atoms with Crippen molar-refractivity contribution in [2.75, 3.05) is 0 Å². The smallest absolute Gasteiger partial charge is 0.0404 e. The Bertz CT molecular complexity index is 107. The Labute approximate surface area is 72.3 Å². The second-order valence-corrected chi connectivity index (χ2v) is 2.15. The van der Waals surface area contributed by atoms with Crippen molar-refractivity contribution in [3.8, 4) is 0 Å². The van der Waals surface area contributed by atoms with Gasteiger partial charge in [-0.15, -0.1) is 0 Å². The van der Waals surface area contributed by atoms with E-state index in [2.05, 4.69) is 27.0 Å². The fourth-order valence-electron chi connectivity index (χ4n) is 0.232. The number of rotatable bonds is 2. The van der Waals surface area contributed by atoms with Crippen molar-refractivity contribution < 1.29 is 0 Å². The molecule has 0 nitrogen and oxygen atoms in total. The van der Waals surface area contributed by atoms with E-state index in [9.17, 15) is 0 Å². The summed E-state index contributed by atoms with van der Waals surface area (Å²) < 4.78 is 0. The summed E-state index contributed by atoms with van der Waals surface area (Å²) in [6.07, 6.45) is 6.75. The van der Waals surface area contributed by atoms with Gasteiger partial charge in [-0.2, -0.15) is 0 Å². The van der Waals surface area contributed by atoms with Gasteiger partial charge >= 0.3 is 0 Å². The van der Waals surface area contributed by atoms with Crippen molar-refractivity contribution in [3.63, 3.8) is 0 Å². The highest BCUT2D eigenvalue weighted by Gasteiger charge is 1.65. The molecule has 0 aliphatic rings. The van der Waals surface area contributed by atoms with Crippen LogP contribution in [0.15, 0.2) is 37.0 Å². The first-order chi connectivity index (χ1) is 4.68. The summed E-state index contributed by atoms with van der Waals surface area (Å²) in [6.45, 7) is 13.4. The van der Waals surface area contributed by atoms with Gasteiger partial charge in [0.05, 0.1) is 0 Å². The SMILES string of the molecule is C.C=C/C=C\C(=C)C.CCC. The number of hydrogen-bond donors (Lipinski definition) is 0. The Hall–Kier alpha value is -0.780. The second-order valence-electron chi connectivity index (χ2n) is 2.15. The minimum atomic E-state index is 0. The molecule has 0 atom stereocenters. The van der Waals surface area contributed by atoms with Crippen LogP contribution in [0.1, 0.15) is 34.6 Å². The average molecular weight is 154 g/mol. The number of hydrogen-bond acceptors (Lipinski definition) is 0. The molecule has 11 heavy (non-hydrogen) atoms. The Morgan fingerprint density at radius 1 is 1.36 bits per heavy atom. The maximum atomic E-state index is 3.66. The zero-order valence-corrected chi connectivity index (χ0v) is 7.35. The van der Waals surface area contributed by atoms with Gasteiger partial charge in [-0.3, -0.25) is 0 Å². The summed E-state index contributed by atoms with van der Waals surface area (Å²) >= 11 is 0. The first-order valence-electron chi connectivity index (χ1n) is 3.63. The van der Waals surface area contributed by atoms with Crippen molar-refractivity contribution in [3.05, 3.63) is 37.0 Å². The van der Waals surface area contributed by atoms with Crippen molar-refractivity contribution in [2.24, 2.45) is 0 Å². The molecule has 0 aromatic heterocycles. The fraction of sp³-hybridized carbons (Fsp3) is 0.455. The molecule has 0 amide bonds. The van der Waals surface area contributed by atoms with Crippen LogP contribution in [-0.4, -0.2) is 0 Å². The molecule has 0 spiro atoms. The van der Waals surface area contributed by atoms with Crippen molar-refractivity contribution in [2.45, 2.75) is 34.6 Å². The highest BCUT2D eigenvalue weighted by atomic mass is 13.7. The molecule has 0 heteroatoms. The van der Waals surface area contributed by atoms with E-state index >= 15 is 0 Å². The summed E-state index contributed by atoms with van der Waals surface area (Å²) in [7, 11) is 0. The lowest BCUT2D eigenvalue weighted by molar-refractivity contribution is 1.09. The Morgan fingerprint density at radius 3 is 1.82 bits per heavy atom. The van der Waals surface area contributed by atoms with Crippen LogP contribution in [0.5, 0.6) is 0 Å². The van der Waals surface area contributed by atoms with E-state index in [0.717, 1.165) is 5.57 Å². The minimum Gasteiger partial charge on any atom is -0.0991 e. The summed E-state index contributed by atoms with van der Waals surface area (Å²) in [6, 6.07) is 0. The summed E-state index contributed by atoms with van der Waals surface area (Å²) in [5.74, 6) is 0. The monoisotopic (exact) mass is 154 g/mol. The van der Waals surface area contributed by atoms with Crippen LogP contribution in [0.25, 0.3) is 0 Å². The predicted octanol–water partition coefficient (Wildman–Crippen LogP) is 4.36. The van der Waals surface area contributed by atoms with Gasteiger partial charge in [-0.25, -0.2) is 0 Å². The minimum absolute atomic E-state index is 0. The Morgan fingerprint density at radius 2 is 1.73 bits per heavy atom. The van der Waals surface area contributed by atoms with E-state index in [1.54, 1.807) is 6.08 Å². The molecule has 66 valence electrons. The van der Waals surface area contributed by atoms with Crippen LogP contribution in [0.2, 0.25) is 0 Å². The lowest BCUT2D eigenvalue weighted by atomic mass is 10.3. The Kier molecular flexibility index (Phi) is 24.4. The topological polar surface area (TPSA) is 0 Å². The molecule has 0 aliphatic carbocycles. The van der Waals surface area contributed by atoms with Gasteiger partial charge in [0.1, 0.15) is 0 Å². The zero-order valence-electron chi connectivity index (χ0n) is 7.35. The molecular weight excluding hydrogens is 132 g/mol. The standard InChI is InChI=1S/C7H10.C3H8.CH4/c1-4-5-6-7(2)3;1-3-2;/h4-6H,1-2H2,3H3;3H2,1-2H3;1H4/b6-5-;;. The van der Waals surface area contributed by atoms with Crippen LogP contribution in [0.3, 0.4) is 0 Å². The third kappa shape index (κ3) is 46.4. The molecule has 0 aromatic rings. The van der Waals surface area contributed by atoms with Crippen LogP contribution in [0.4, 0.5) is 0 Å². The van der Waals surface area contributed by atoms with Gasteiger partial charge in [-0.1, -0.05) is 64.7 Å². The first-order valence-corrected chi connectivity index (χ1v) is 3.63. The van der Waals surface area contributed by atoms with Gasteiger partial charge in [0.15, 0.2) is 0 Å². The molecular formula is C11H22. The zero-order chi connectivity index (χ0) is 8.41. The third-order valence-corrected chi connectivity index (χ3v) is 0.517. The van der Waals surface area contributed by atoms with E-state index in [1.807, 2.05) is 19.1 Å². The van der Waals surface area contributed by atoms with E-state index in [-0.39, 0.29) is 7.43 Å². The molecule has 0 unspecified atom stereocenters. The van der Waals surface area contributed by atoms with Crippen LogP contribution in [0, 0.1) is 0 Å². The van der Waals surface area contributed by atoms with Crippen molar-refractivity contribution in [1.29, 1.82) is 0 Å². The van der Waals surface area contributed by atoms with E-state index < -0.39 is 0 Å². The molecule has 0 saturated carbocycles. The molecule has 0 aliphatic heterocycles. The van der Waals surface area contributed by atoms with Crippen LogP contribution < -0.4 is 0 Å². The second kappa shape index (κ2) is 16.1. The number of allylic oxidation sites excluding steroid dienone is 4. The van der Waals surface area contributed by atoms with Crippen molar-refractivity contribution in [1.82, 2.24) is 0 Å². The first kappa shape index (κ1) is 16.7. The van der Waals surface area contributed by atoms with Crippen LogP contribution in [-0.2, 0) is 0 Å². The van der Waals surface area contributed by atoms with Gasteiger partial charge in [0, 0.05) is 0 Å². The van der Waals surface area contributed by atoms with Crippen LogP contribution >= 0.6 is 0 Å². The van der Waals surface area contributed by atoms with E-state index in [4.69, 9.17) is 0 Å². The largest absolute Gasteiger partial charge is 0.0991 e. The van der Waals surface area contributed by atoms with Gasteiger partial charge in [0.2, 0.25) is 0 Å². The molecule has 0 aromatic carbocycles. The fourth-order valence-corrected chi connectivity index (χ4v) is 0.232. The lowest BCUT2D eigenvalue weighted by Gasteiger charge is -1.77. The Balaban J connectivity index is -0.000000140.